The number of carbonyl (C=O) groups excluding carboxylic acids is 2. The summed E-state index contributed by atoms with van der Waals surface area (Å²) in [6.45, 7) is 2.16. The molecular weight excluding hydrogens is 444 g/mol. The highest BCUT2D eigenvalue weighted by molar-refractivity contribution is 5.81. The summed E-state index contributed by atoms with van der Waals surface area (Å²) in [4.78, 5) is 34.9. The van der Waals surface area contributed by atoms with Gasteiger partial charge in [-0.15, -0.1) is 0 Å². The van der Waals surface area contributed by atoms with Crippen LogP contribution in [-0.4, -0.2) is 62.8 Å². The first-order chi connectivity index (χ1) is 16.9. The number of quaternary nitrogens is 1. The van der Waals surface area contributed by atoms with E-state index in [1.165, 1.54) is 19.2 Å². The number of piperidine rings is 3. The number of aromatic nitrogens is 2. The van der Waals surface area contributed by atoms with Crippen molar-refractivity contribution < 1.29 is 23.9 Å². The lowest BCUT2D eigenvalue weighted by Gasteiger charge is -2.54. The molecule has 2 saturated carbocycles. The Hall–Kier alpha value is -2.06. The molecule has 1 amide bonds. The molecule has 192 valence electrons. The number of fused-ring (bicyclic) bond motifs is 3. The smallest absolute Gasteiger partial charge is 0.339 e. The van der Waals surface area contributed by atoms with Gasteiger partial charge in [0, 0.05) is 25.0 Å². The minimum Gasteiger partial charge on any atom is -0.454 e. The molecule has 5 aliphatic rings. The van der Waals surface area contributed by atoms with Gasteiger partial charge in [0.25, 0.3) is 5.91 Å². The molecule has 3 N–H and O–H groups in total. The maximum absolute atomic E-state index is 13.9. The molecule has 0 radical (unpaired) electrons. The molecule has 0 aromatic carbocycles. The van der Waals surface area contributed by atoms with Gasteiger partial charge in [-0.3, -0.25) is 4.79 Å². The van der Waals surface area contributed by atoms with Crippen LogP contribution in [0.4, 0.5) is 0 Å². The topological polar surface area (TPSA) is 115 Å². The fraction of sp³-hybridized carbons (Fsp3) is 0.778. The Balaban J connectivity index is 1.38. The molecule has 5 fully saturated rings. The van der Waals surface area contributed by atoms with Crippen molar-refractivity contribution in [1.82, 2.24) is 9.97 Å². The highest BCUT2D eigenvalue weighted by atomic mass is 16.6. The predicted octanol–water partition coefficient (Wildman–Crippen LogP) is 3.05. The van der Waals surface area contributed by atoms with Crippen molar-refractivity contribution in [2.24, 2.45) is 23.5 Å². The molecule has 3 saturated heterocycles. The van der Waals surface area contributed by atoms with E-state index in [0.717, 1.165) is 77.3 Å². The predicted molar refractivity (Wildman–Crippen MR) is 130 cm³/mol. The summed E-state index contributed by atoms with van der Waals surface area (Å²) in [7, 11) is 0. The second-order valence-corrected chi connectivity index (χ2v) is 11.6. The van der Waals surface area contributed by atoms with Crippen LogP contribution in [0.15, 0.2) is 18.6 Å². The molecule has 2 atom stereocenters. The van der Waals surface area contributed by atoms with Crippen LogP contribution in [0, 0.1) is 17.8 Å². The number of esters is 1. The Morgan fingerprint density at radius 1 is 1.00 bits per heavy atom. The molecule has 1 aromatic heterocycles. The first kappa shape index (κ1) is 24.6. The van der Waals surface area contributed by atoms with E-state index < -0.39 is 23.5 Å². The standard InChI is InChI=1S/C27H40N4O4/c28-25(32)24(22-11-14-29-18-30-22)31-15-12-19(13-16-31)23(17-31)35-26(33)27(34,20-7-3-1-4-8-20)21-9-5-2-6-10-21/h11,14,18-21,23-24,34H,1-10,12-13,15-17H2,(H-,28,32)/p+1/t19?,23-,24?,31?/m0/s1. The Bertz CT molecular complexity index is 872. The van der Waals surface area contributed by atoms with Gasteiger partial charge in [0.1, 0.15) is 18.6 Å². The normalized spacial score (nSPS) is 31.1. The van der Waals surface area contributed by atoms with E-state index in [9.17, 15) is 14.7 Å². The highest BCUT2D eigenvalue weighted by Crippen LogP contribution is 2.46. The number of carbonyl (C=O) groups is 2. The zero-order valence-electron chi connectivity index (χ0n) is 20.8. The zero-order valence-corrected chi connectivity index (χ0v) is 20.8. The third kappa shape index (κ3) is 4.59. The van der Waals surface area contributed by atoms with Crippen molar-refractivity contribution in [1.29, 1.82) is 0 Å². The molecule has 2 aliphatic carbocycles. The molecule has 3 aliphatic heterocycles. The van der Waals surface area contributed by atoms with Crippen molar-refractivity contribution in [3.63, 3.8) is 0 Å². The number of nitrogens with zero attached hydrogens (tertiary/aromatic N) is 3. The number of hydrogen-bond donors (Lipinski definition) is 2. The SMILES string of the molecule is NC(=O)C(c1ccncn1)[N+]12CCC(CC1)[C@@H](OC(=O)C(O)(C1CCCCC1)C1CCCCC1)C2. The van der Waals surface area contributed by atoms with Gasteiger partial charge in [0.2, 0.25) is 6.04 Å². The van der Waals surface area contributed by atoms with Crippen LogP contribution >= 0.6 is 0 Å². The van der Waals surface area contributed by atoms with Crippen LogP contribution < -0.4 is 5.73 Å². The molecule has 1 unspecified atom stereocenters. The van der Waals surface area contributed by atoms with Gasteiger partial charge in [-0.1, -0.05) is 38.5 Å². The lowest BCUT2D eigenvalue weighted by molar-refractivity contribution is -0.965. The number of ether oxygens (including phenoxy) is 1. The number of aliphatic hydroxyl groups is 1. The largest absolute Gasteiger partial charge is 0.454 e. The molecular formula is C27H41N4O4+. The van der Waals surface area contributed by atoms with Crippen LogP contribution in [0.2, 0.25) is 0 Å². The van der Waals surface area contributed by atoms with E-state index in [0.29, 0.717) is 16.7 Å². The molecule has 2 bridgehead atoms. The monoisotopic (exact) mass is 485 g/mol. The van der Waals surface area contributed by atoms with E-state index in [1.807, 2.05) is 0 Å². The maximum Gasteiger partial charge on any atom is 0.339 e. The van der Waals surface area contributed by atoms with Gasteiger partial charge in [-0.2, -0.15) is 0 Å². The van der Waals surface area contributed by atoms with Gasteiger partial charge in [-0.05, 0) is 43.6 Å². The van der Waals surface area contributed by atoms with Crippen molar-refractivity contribution in [2.75, 3.05) is 19.6 Å². The molecule has 0 spiro atoms. The third-order valence-corrected chi connectivity index (χ3v) is 9.70. The summed E-state index contributed by atoms with van der Waals surface area (Å²) in [5.41, 5.74) is 5.15. The second-order valence-electron chi connectivity index (χ2n) is 11.6. The minimum absolute atomic E-state index is 0.0181. The average molecular weight is 486 g/mol. The number of rotatable bonds is 7. The fourth-order valence-corrected chi connectivity index (χ4v) is 7.80. The van der Waals surface area contributed by atoms with E-state index in [-0.39, 0.29) is 23.9 Å². The van der Waals surface area contributed by atoms with E-state index in [2.05, 4.69) is 9.97 Å². The van der Waals surface area contributed by atoms with Crippen molar-refractivity contribution in [3.05, 3.63) is 24.3 Å². The van der Waals surface area contributed by atoms with E-state index in [4.69, 9.17) is 10.5 Å². The summed E-state index contributed by atoms with van der Waals surface area (Å²) in [6, 6.07) is 1.17. The summed E-state index contributed by atoms with van der Waals surface area (Å²) in [5, 5.41) is 12.1. The number of primary amides is 1. The van der Waals surface area contributed by atoms with Crippen molar-refractivity contribution >= 4 is 11.9 Å². The first-order valence-electron chi connectivity index (χ1n) is 13.8. The van der Waals surface area contributed by atoms with Gasteiger partial charge in [0.05, 0.1) is 13.1 Å². The third-order valence-electron chi connectivity index (χ3n) is 9.70. The van der Waals surface area contributed by atoms with Gasteiger partial charge in [0.15, 0.2) is 11.7 Å². The van der Waals surface area contributed by atoms with Crippen molar-refractivity contribution in [2.45, 2.75) is 94.8 Å². The molecule has 4 heterocycles. The van der Waals surface area contributed by atoms with Crippen molar-refractivity contribution in [3.8, 4) is 0 Å². The summed E-state index contributed by atoms with van der Waals surface area (Å²) in [6.07, 6.45) is 14.7. The van der Waals surface area contributed by atoms with Gasteiger partial charge >= 0.3 is 5.97 Å². The molecule has 8 heteroatoms. The summed E-state index contributed by atoms with van der Waals surface area (Å²) in [5.74, 6) is -0.591. The van der Waals surface area contributed by atoms with Crippen LogP contribution in [0.25, 0.3) is 0 Å². The quantitative estimate of drug-likeness (QED) is 0.453. The van der Waals surface area contributed by atoms with Crippen LogP contribution in [0.1, 0.15) is 88.8 Å². The number of nitrogens with two attached hydrogens (primary N) is 1. The number of hydrogen-bond acceptors (Lipinski definition) is 6. The first-order valence-corrected chi connectivity index (χ1v) is 13.8. The summed E-state index contributed by atoms with van der Waals surface area (Å²) >= 11 is 0. The van der Waals surface area contributed by atoms with Crippen LogP contribution in [-0.2, 0) is 14.3 Å². The fourth-order valence-electron chi connectivity index (χ4n) is 7.80. The van der Waals surface area contributed by atoms with Gasteiger partial charge in [-0.25, -0.2) is 14.8 Å². The Kier molecular flexibility index (Phi) is 7.13. The molecule has 35 heavy (non-hydrogen) atoms. The zero-order chi connectivity index (χ0) is 24.5. The van der Waals surface area contributed by atoms with Gasteiger partial charge < -0.3 is 20.1 Å². The van der Waals surface area contributed by atoms with Crippen LogP contribution in [0.3, 0.4) is 0 Å². The van der Waals surface area contributed by atoms with E-state index >= 15 is 0 Å². The molecule has 6 rings (SSSR count). The Morgan fingerprint density at radius 3 is 2.11 bits per heavy atom. The second kappa shape index (κ2) is 10.1. The Morgan fingerprint density at radius 2 is 1.60 bits per heavy atom. The highest BCUT2D eigenvalue weighted by Gasteiger charge is 2.57. The Labute approximate surface area is 208 Å². The molecule has 1 aromatic rings. The lowest BCUT2D eigenvalue weighted by atomic mass is 9.66. The maximum atomic E-state index is 13.9. The minimum atomic E-state index is -1.40. The van der Waals surface area contributed by atoms with E-state index in [1.54, 1.807) is 12.3 Å². The average Bonchev–Trinajstić information content (AvgIpc) is 2.90. The molecule has 8 nitrogen and oxygen atoms in total. The van der Waals surface area contributed by atoms with Crippen LogP contribution in [0.5, 0.6) is 0 Å². The summed E-state index contributed by atoms with van der Waals surface area (Å²) < 4.78 is 6.76. The number of amides is 1. The lowest BCUT2D eigenvalue weighted by Crippen LogP contribution is -2.68.